The molecule has 1 aliphatic carbocycles. The van der Waals surface area contributed by atoms with Gasteiger partial charge in [0.1, 0.15) is 5.82 Å². The first kappa shape index (κ1) is 31.2. The molecule has 0 atom stereocenters. The van der Waals surface area contributed by atoms with Crippen LogP contribution in [-0.4, -0.2) is 6.61 Å². The first-order valence-electron chi connectivity index (χ1n) is 16.0. The molecule has 0 aliphatic heterocycles. The molecule has 3 aromatic carbocycles. The highest BCUT2D eigenvalue weighted by atomic mass is 19.2. The van der Waals surface area contributed by atoms with Gasteiger partial charge in [0.2, 0.25) is 5.82 Å². The molecule has 222 valence electrons. The van der Waals surface area contributed by atoms with Gasteiger partial charge in [0, 0.05) is 11.1 Å². The van der Waals surface area contributed by atoms with Gasteiger partial charge < -0.3 is 4.74 Å². The average molecular weight is 565 g/mol. The Hall–Kier alpha value is -2.75. The molecule has 3 aromatic rings. The van der Waals surface area contributed by atoms with Gasteiger partial charge in [-0.3, -0.25) is 0 Å². The maximum Gasteiger partial charge on any atom is 0.201 e. The highest BCUT2D eigenvalue weighted by molar-refractivity contribution is 5.71. The van der Waals surface area contributed by atoms with Crippen LogP contribution in [0, 0.1) is 23.4 Å². The Bertz CT molecular complexity index is 1210. The van der Waals surface area contributed by atoms with E-state index in [1.54, 1.807) is 36.4 Å². The normalized spacial score (nSPS) is 17.1. The predicted octanol–water partition coefficient (Wildman–Crippen LogP) is 12.0. The lowest BCUT2D eigenvalue weighted by Crippen LogP contribution is -2.13. The van der Waals surface area contributed by atoms with E-state index in [0.717, 1.165) is 49.1 Å². The molecule has 1 nitrogen and oxygen atoms in total. The Morgan fingerprint density at radius 3 is 1.93 bits per heavy atom. The fourth-order valence-electron chi connectivity index (χ4n) is 6.25. The molecular weight excluding hydrogens is 517 g/mol. The molecule has 1 saturated carbocycles. The first-order valence-corrected chi connectivity index (χ1v) is 16.0. The molecule has 0 spiro atoms. The second-order valence-corrected chi connectivity index (χ2v) is 11.9. The van der Waals surface area contributed by atoms with E-state index in [0.29, 0.717) is 23.7 Å². The zero-order valence-corrected chi connectivity index (χ0v) is 25.0. The summed E-state index contributed by atoms with van der Waals surface area (Å²) in [4.78, 5) is 0. The molecule has 0 aromatic heterocycles. The number of benzene rings is 3. The smallest absolute Gasteiger partial charge is 0.201 e. The third kappa shape index (κ3) is 8.63. The van der Waals surface area contributed by atoms with Crippen LogP contribution in [0.25, 0.3) is 22.3 Å². The van der Waals surface area contributed by atoms with Crippen molar-refractivity contribution in [2.75, 3.05) is 6.61 Å². The van der Waals surface area contributed by atoms with E-state index >= 15 is 4.39 Å². The molecule has 0 N–H and O–H groups in total. The highest BCUT2D eigenvalue weighted by Gasteiger charge is 2.23. The number of ether oxygens (including phenoxy) is 1. The lowest BCUT2D eigenvalue weighted by molar-refractivity contribution is 0.285. The molecule has 1 fully saturated rings. The molecule has 0 unspecified atom stereocenters. The number of halogens is 3. The number of rotatable bonds is 15. The zero-order chi connectivity index (χ0) is 29.0. The Morgan fingerprint density at radius 2 is 1.24 bits per heavy atom. The van der Waals surface area contributed by atoms with E-state index in [9.17, 15) is 8.78 Å². The number of hydrogen-bond acceptors (Lipinski definition) is 1. The minimum absolute atomic E-state index is 0.0523. The second-order valence-electron chi connectivity index (χ2n) is 11.9. The zero-order valence-electron chi connectivity index (χ0n) is 25.0. The number of unbranched alkanes of at least 4 members (excludes halogenated alkanes) is 7. The van der Waals surface area contributed by atoms with Crippen molar-refractivity contribution in [3.05, 3.63) is 77.6 Å². The molecule has 0 bridgehead atoms. The summed E-state index contributed by atoms with van der Waals surface area (Å²) < 4.78 is 50.5. The van der Waals surface area contributed by atoms with Gasteiger partial charge in [-0.05, 0) is 78.8 Å². The van der Waals surface area contributed by atoms with Crippen molar-refractivity contribution < 1.29 is 17.9 Å². The van der Waals surface area contributed by atoms with Crippen molar-refractivity contribution in [2.24, 2.45) is 5.92 Å². The van der Waals surface area contributed by atoms with E-state index in [1.165, 1.54) is 63.9 Å². The topological polar surface area (TPSA) is 9.23 Å². The molecule has 0 heterocycles. The lowest BCUT2D eigenvalue weighted by atomic mass is 9.77. The standard InChI is InChI=1S/C37H47F3O/c1-3-5-7-8-9-11-25-41-35-24-23-33(36(39)37(35)40)30-19-17-29(18-20-30)32-22-21-31(26-34(32)38)28-15-13-27(14-16-28)12-10-6-4-2/h17-24,26-28H,3-16,25H2,1-2H3. The Labute approximate surface area is 245 Å². The summed E-state index contributed by atoms with van der Waals surface area (Å²) in [5.74, 6) is -0.914. The van der Waals surface area contributed by atoms with Crippen LogP contribution in [0.1, 0.15) is 115 Å². The van der Waals surface area contributed by atoms with Crippen LogP contribution in [0.15, 0.2) is 54.6 Å². The Morgan fingerprint density at radius 1 is 0.634 bits per heavy atom. The molecular formula is C37H47F3O. The van der Waals surface area contributed by atoms with Crippen LogP contribution in [0.3, 0.4) is 0 Å². The van der Waals surface area contributed by atoms with E-state index in [4.69, 9.17) is 4.74 Å². The summed E-state index contributed by atoms with van der Waals surface area (Å²) in [6.45, 7) is 4.80. The highest BCUT2D eigenvalue weighted by Crippen LogP contribution is 2.39. The van der Waals surface area contributed by atoms with Gasteiger partial charge in [-0.15, -0.1) is 0 Å². The van der Waals surface area contributed by atoms with Crippen molar-refractivity contribution in [3.8, 4) is 28.0 Å². The SMILES string of the molecule is CCCCCCCCOc1ccc(-c2ccc(-c3ccc(C4CCC(CCCCC)CC4)cc3F)cc2)c(F)c1F. The van der Waals surface area contributed by atoms with Gasteiger partial charge in [-0.1, -0.05) is 108 Å². The maximum atomic E-state index is 15.2. The maximum absolute atomic E-state index is 15.2. The van der Waals surface area contributed by atoms with Gasteiger partial charge in [-0.2, -0.15) is 4.39 Å². The minimum atomic E-state index is -0.964. The molecule has 0 saturated heterocycles. The number of hydrogen-bond donors (Lipinski definition) is 0. The van der Waals surface area contributed by atoms with Crippen molar-refractivity contribution >= 4 is 0 Å². The third-order valence-corrected chi connectivity index (χ3v) is 8.84. The largest absolute Gasteiger partial charge is 0.490 e. The fraction of sp³-hybridized carbons (Fsp3) is 0.514. The summed E-state index contributed by atoms with van der Waals surface area (Å²) >= 11 is 0. The monoisotopic (exact) mass is 564 g/mol. The first-order chi connectivity index (χ1) is 20.0. The van der Waals surface area contributed by atoms with Gasteiger partial charge >= 0.3 is 0 Å². The molecule has 0 radical (unpaired) electrons. The van der Waals surface area contributed by atoms with E-state index in [2.05, 4.69) is 19.9 Å². The van der Waals surface area contributed by atoms with E-state index in [1.807, 2.05) is 6.07 Å². The van der Waals surface area contributed by atoms with Gasteiger partial charge in [0.15, 0.2) is 11.6 Å². The predicted molar refractivity (Wildman–Crippen MR) is 165 cm³/mol. The van der Waals surface area contributed by atoms with E-state index < -0.39 is 11.6 Å². The summed E-state index contributed by atoms with van der Waals surface area (Å²) in [5, 5.41) is 0. The van der Waals surface area contributed by atoms with Gasteiger partial charge in [0.05, 0.1) is 6.61 Å². The van der Waals surface area contributed by atoms with Crippen LogP contribution < -0.4 is 4.74 Å². The van der Waals surface area contributed by atoms with Crippen molar-refractivity contribution in [1.29, 1.82) is 0 Å². The lowest BCUT2D eigenvalue weighted by Gasteiger charge is -2.29. The van der Waals surface area contributed by atoms with Crippen LogP contribution in [0.2, 0.25) is 0 Å². The molecule has 41 heavy (non-hydrogen) atoms. The summed E-state index contributed by atoms with van der Waals surface area (Å²) in [7, 11) is 0. The summed E-state index contributed by atoms with van der Waals surface area (Å²) in [6.07, 6.45) is 16.6. The molecule has 4 heteroatoms. The average Bonchev–Trinajstić information content (AvgIpc) is 2.99. The van der Waals surface area contributed by atoms with Crippen molar-refractivity contribution in [1.82, 2.24) is 0 Å². The van der Waals surface area contributed by atoms with Crippen LogP contribution in [0.4, 0.5) is 13.2 Å². The molecule has 4 rings (SSSR count). The Balaban J connectivity index is 1.35. The molecule has 1 aliphatic rings. The van der Waals surface area contributed by atoms with Crippen LogP contribution in [0.5, 0.6) is 5.75 Å². The fourth-order valence-corrected chi connectivity index (χ4v) is 6.25. The summed E-state index contributed by atoms with van der Waals surface area (Å²) in [5.41, 5.74) is 3.05. The molecule has 0 amide bonds. The summed E-state index contributed by atoms with van der Waals surface area (Å²) in [6, 6.07) is 15.7. The van der Waals surface area contributed by atoms with Gasteiger partial charge in [0.25, 0.3) is 0 Å². The van der Waals surface area contributed by atoms with Gasteiger partial charge in [-0.25, -0.2) is 8.78 Å². The third-order valence-electron chi connectivity index (χ3n) is 8.84. The van der Waals surface area contributed by atoms with E-state index in [-0.39, 0.29) is 17.1 Å². The Kier molecular flexibility index (Phi) is 12.2. The second kappa shape index (κ2) is 16.0. The van der Waals surface area contributed by atoms with Crippen molar-refractivity contribution in [3.63, 3.8) is 0 Å². The van der Waals surface area contributed by atoms with Crippen LogP contribution in [-0.2, 0) is 0 Å². The quantitative estimate of drug-likeness (QED) is 0.167. The minimum Gasteiger partial charge on any atom is -0.490 e. The van der Waals surface area contributed by atoms with Crippen molar-refractivity contribution in [2.45, 2.75) is 110 Å². The van der Waals surface area contributed by atoms with Crippen LogP contribution >= 0.6 is 0 Å².